The molecule has 2 aromatic rings. The molecule has 30 heavy (non-hydrogen) atoms. The first-order valence-electron chi connectivity index (χ1n) is 8.48. The number of nitrogens with one attached hydrogen (secondary N) is 3. The number of amides is 3. The van der Waals surface area contributed by atoms with Crippen molar-refractivity contribution in [2.75, 3.05) is 44.8 Å². The van der Waals surface area contributed by atoms with Crippen molar-refractivity contribution in [1.29, 1.82) is 0 Å². The number of carbonyl (C=O) groups is 2. The van der Waals surface area contributed by atoms with Gasteiger partial charge in [0.1, 0.15) is 5.88 Å². The van der Waals surface area contributed by atoms with E-state index < -0.39 is 21.9 Å². The molecule has 1 aromatic heterocycles. The van der Waals surface area contributed by atoms with E-state index >= 15 is 0 Å². The summed E-state index contributed by atoms with van der Waals surface area (Å²) in [5.74, 6) is -0.938. The van der Waals surface area contributed by atoms with Crippen LogP contribution in [0.4, 0.5) is 16.4 Å². The molecular weight excluding hydrogens is 416 g/mol. The van der Waals surface area contributed by atoms with E-state index in [1.54, 1.807) is 38.4 Å². The van der Waals surface area contributed by atoms with Gasteiger partial charge in [0.15, 0.2) is 0 Å². The number of ether oxygens (including phenoxy) is 2. The number of para-hydroxylation sites is 1. The summed E-state index contributed by atoms with van der Waals surface area (Å²) in [7, 11) is 1.78. The van der Waals surface area contributed by atoms with Gasteiger partial charge < -0.3 is 19.7 Å². The van der Waals surface area contributed by atoms with Crippen LogP contribution in [-0.2, 0) is 10.0 Å². The van der Waals surface area contributed by atoms with Crippen LogP contribution in [-0.4, -0.2) is 69.4 Å². The molecule has 0 atom stereocenters. The summed E-state index contributed by atoms with van der Waals surface area (Å²) in [5, 5.41) is 4.84. The van der Waals surface area contributed by atoms with Crippen LogP contribution in [0, 0.1) is 0 Å². The maximum atomic E-state index is 12.2. The molecule has 1 heterocycles. The van der Waals surface area contributed by atoms with Crippen LogP contribution in [0.1, 0.15) is 10.4 Å². The second-order valence-electron chi connectivity index (χ2n) is 6.01. The fourth-order valence-electron chi connectivity index (χ4n) is 2.21. The fourth-order valence-corrected chi connectivity index (χ4v) is 2.96. The van der Waals surface area contributed by atoms with Gasteiger partial charge in [-0.3, -0.25) is 10.1 Å². The lowest BCUT2D eigenvalue weighted by molar-refractivity contribution is 0.0828. The molecule has 162 valence electrons. The van der Waals surface area contributed by atoms with Gasteiger partial charge >= 0.3 is 6.03 Å². The number of rotatable bonds is 8. The summed E-state index contributed by atoms with van der Waals surface area (Å²) in [6.45, 7) is 0. The van der Waals surface area contributed by atoms with E-state index in [1.165, 1.54) is 25.2 Å². The van der Waals surface area contributed by atoms with Crippen molar-refractivity contribution in [3.8, 4) is 11.8 Å². The maximum absolute atomic E-state index is 12.2. The average molecular weight is 438 g/mol. The fraction of sp³-hybridized carbons (Fsp3) is 0.294. The molecule has 2 rings (SSSR count). The Hall–Kier alpha value is -3.61. The summed E-state index contributed by atoms with van der Waals surface area (Å²) in [6.07, 6.45) is 0. The van der Waals surface area contributed by atoms with Crippen LogP contribution < -0.4 is 24.8 Å². The Morgan fingerprint density at radius 1 is 1.07 bits per heavy atom. The van der Waals surface area contributed by atoms with Gasteiger partial charge in [0.2, 0.25) is 17.7 Å². The van der Waals surface area contributed by atoms with Crippen LogP contribution in [0.5, 0.6) is 11.8 Å². The third-order valence-corrected chi connectivity index (χ3v) is 4.61. The number of nitrogens with zero attached hydrogens (tertiary/aromatic N) is 3. The topological polar surface area (TPSA) is 152 Å². The summed E-state index contributed by atoms with van der Waals surface area (Å²) in [4.78, 5) is 33.4. The highest BCUT2D eigenvalue weighted by Crippen LogP contribution is 2.18. The SMILES string of the molecule is COc1cc(OC)nc(NC(=O)NS(=O)(=O)CNc2ccccc2C(=O)N(C)C)n1. The molecule has 0 aliphatic rings. The summed E-state index contributed by atoms with van der Waals surface area (Å²) < 4.78 is 36.2. The minimum atomic E-state index is -4.11. The predicted molar refractivity (Wildman–Crippen MR) is 109 cm³/mol. The molecule has 0 bridgehead atoms. The number of aromatic nitrogens is 2. The summed E-state index contributed by atoms with van der Waals surface area (Å²) in [5.41, 5.74) is 0.599. The Balaban J connectivity index is 2.04. The molecule has 1 aromatic carbocycles. The largest absolute Gasteiger partial charge is 0.481 e. The Morgan fingerprint density at radius 2 is 1.67 bits per heavy atom. The lowest BCUT2D eigenvalue weighted by Crippen LogP contribution is -2.38. The zero-order valence-electron chi connectivity index (χ0n) is 16.8. The smallest absolute Gasteiger partial charge is 0.335 e. The van der Waals surface area contributed by atoms with Crippen LogP contribution >= 0.6 is 0 Å². The highest BCUT2D eigenvalue weighted by Gasteiger charge is 2.18. The highest BCUT2D eigenvalue weighted by atomic mass is 32.2. The van der Waals surface area contributed by atoms with Gasteiger partial charge in [0.25, 0.3) is 15.9 Å². The van der Waals surface area contributed by atoms with Crippen molar-refractivity contribution in [2.24, 2.45) is 0 Å². The van der Waals surface area contributed by atoms with E-state index in [0.717, 1.165) is 0 Å². The molecule has 0 unspecified atom stereocenters. The van der Waals surface area contributed by atoms with Gasteiger partial charge in [-0.05, 0) is 12.1 Å². The van der Waals surface area contributed by atoms with E-state index in [2.05, 4.69) is 20.6 Å². The first kappa shape index (κ1) is 22.7. The van der Waals surface area contributed by atoms with E-state index in [0.29, 0.717) is 11.3 Å². The molecule has 13 heteroatoms. The number of methoxy groups -OCH3 is 2. The van der Waals surface area contributed by atoms with E-state index in [4.69, 9.17) is 9.47 Å². The first-order valence-corrected chi connectivity index (χ1v) is 10.1. The first-order chi connectivity index (χ1) is 14.1. The van der Waals surface area contributed by atoms with E-state index in [1.807, 2.05) is 4.72 Å². The van der Waals surface area contributed by atoms with Gasteiger partial charge in [-0.2, -0.15) is 9.97 Å². The molecule has 0 aliphatic carbocycles. The maximum Gasteiger partial charge on any atom is 0.335 e. The summed E-state index contributed by atoms with van der Waals surface area (Å²) in [6, 6.07) is 6.73. The highest BCUT2D eigenvalue weighted by molar-refractivity contribution is 7.90. The van der Waals surface area contributed by atoms with Crippen LogP contribution in [0.25, 0.3) is 0 Å². The minimum absolute atomic E-state index is 0.115. The van der Waals surface area contributed by atoms with Gasteiger partial charge in [-0.15, -0.1) is 0 Å². The molecule has 0 radical (unpaired) electrons. The zero-order chi connectivity index (χ0) is 22.3. The molecular formula is C17H22N6O6S. The number of hydrogen-bond donors (Lipinski definition) is 3. The third-order valence-electron chi connectivity index (χ3n) is 3.59. The molecule has 0 saturated heterocycles. The second kappa shape index (κ2) is 9.73. The molecule has 3 amide bonds. The van der Waals surface area contributed by atoms with Crippen LogP contribution in [0.15, 0.2) is 30.3 Å². The Bertz CT molecular complexity index is 1000. The number of urea groups is 1. The lowest BCUT2D eigenvalue weighted by Gasteiger charge is -2.15. The van der Waals surface area contributed by atoms with Gasteiger partial charge in [-0.25, -0.2) is 17.9 Å². The Kier molecular flexibility index (Phi) is 7.36. The zero-order valence-corrected chi connectivity index (χ0v) is 17.6. The van der Waals surface area contributed by atoms with Gasteiger partial charge in [0.05, 0.1) is 25.8 Å². The van der Waals surface area contributed by atoms with Crippen molar-refractivity contribution in [1.82, 2.24) is 19.6 Å². The van der Waals surface area contributed by atoms with E-state index in [9.17, 15) is 18.0 Å². The second-order valence-corrected chi connectivity index (χ2v) is 7.74. The normalized spacial score (nSPS) is 10.7. The minimum Gasteiger partial charge on any atom is -0.481 e. The van der Waals surface area contributed by atoms with Crippen molar-refractivity contribution in [3.63, 3.8) is 0 Å². The lowest BCUT2D eigenvalue weighted by atomic mass is 10.1. The average Bonchev–Trinajstić information content (AvgIpc) is 2.71. The predicted octanol–water partition coefficient (Wildman–Crippen LogP) is 0.716. The van der Waals surface area contributed by atoms with Gasteiger partial charge in [0, 0.05) is 19.8 Å². The molecule has 0 spiro atoms. The third kappa shape index (κ3) is 6.20. The van der Waals surface area contributed by atoms with Crippen molar-refractivity contribution in [3.05, 3.63) is 35.9 Å². The van der Waals surface area contributed by atoms with E-state index in [-0.39, 0.29) is 23.6 Å². The number of hydrogen-bond acceptors (Lipinski definition) is 9. The number of benzene rings is 1. The van der Waals surface area contributed by atoms with Gasteiger partial charge in [-0.1, -0.05) is 12.1 Å². The quantitative estimate of drug-likeness (QED) is 0.541. The molecule has 0 saturated carbocycles. The molecule has 12 nitrogen and oxygen atoms in total. The van der Waals surface area contributed by atoms with Crippen LogP contribution in [0.3, 0.4) is 0 Å². The Labute approximate surface area is 173 Å². The molecule has 0 fully saturated rings. The number of anilines is 2. The monoisotopic (exact) mass is 438 g/mol. The summed E-state index contributed by atoms with van der Waals surface area (Å²) >= 11 is 0. The Morgan fingerprint density at radius 3 is 2.23 bits per heavy atom. The number of carbonyl (C=O) groups excluding carboxylic acids is 2. The molecule has 0 aliphatic heterocycles. The van der Waals surface area contributed by atoms with Crippen molar-refractivity contribution in [2.45, 2.75) is 0 Å². The number of sulfonamides is 1. The standard InChI is InChI=1S/C17H22N6O6S/c1-23(2)15(24)11-7-5-6-8-12(11)18-10-30(26,27)22-17(25)21-16-19-13(28-3)9-14(20-16)29-4/h5-9,18H,10H2,1-4H3,(H2,19,20,21,22,25). The van der Waals surface area contributed by atoms with Crippen molar-refractivity contribution >= 4 is 33.6 Å². The van der Waals surface area contributed by atoms with Crippen LogP contribution in [0.2, 0.25) is 0 Å². The molecule has 3 N–H and O–H groups in total. The van der Waals surface area contributed by atoms with Crippen molar-refractivity contribution < 1.29 is 27.5 Å².